The smallest absolute Gasteiger partial charge is 0.158 e. The summed E-state index contributed by atoms with van der Waals surface area (Å²) in [5, 5.41) is 5.36. The SMILES string of the molecule is COc1ccc(N[C@@H]2CS(=O)(=O)C[C@@H]2[NH2+]Cc2ccco2)cc1. The summed E-state index contributed by atoms with van der Waals surface area (Å²) in [5.74, 6) is 1.95. The lowest BCUT2D eigenvalue weighted by atomic mass is 10.1. The summed E-state index contributed by atoms with van der Waals surface area (Å²) in [6.45, 7) is 0.633. The Morgan fingerprint density at radius 3 is 2.70 bits per heavy atom. The predicted octanol–water partition coefficient (Wildman–Crippen LogP) is 0.629. The van der Waals surface area contributed by atoms with Gasteiger partial charge in [-0.15, -0.1) is 0 Å². The molecule has 1 aromatic heterocycles. The Balaban J connectivity index is 1.66. The second kappa shape index (κ2) is 6.64. The fourth-order valence-electron chi connectivity index (χ4n) is 2.85. The second-order valence-corrected chi connectivity index (χ2v) is 7.89. The van der Waals surface area contributed by atoms with Gasteiger partial charge in [-0.05, 0) is 36.4 Å². The predicted molar refractivity (Wildman–Crippen MR) is 87.2 cm³/mol. The molecule has 0 unspecified atom stereocenters. The average Bonchev–Trinajstić information content (AvgIpc) is 3.13. The van der Waals surface area contributed by atoms with Crippen LogP contribution in [0.2, 0.25) is 0 Å². The number of hydrogen-bond acceptors (Lipinski definition) is 5. The van der Waals surface area contributed by atoms with Gasteiger partial charge in [0, 0.05) is 5.69 Å². The van der Waals surface area contributed by atoms with Gasteiger partial charge in [0.1, 0.15) is 24.1 Å². The number of hydrogen-bond donors (Lipinski definition) is 2. The number of methoxy groups -OCH3 is 1. The van der Waals surface area contributed by atoms with Crippen molar-refractivity contribution in [2.75, 3.05) is 23.9 Å². The zero-order chi connectivity index (χ0) is 16.3. The highest BCUT2D eigenvalue weighted by Crippen LogP contribution is 2.19. The molecule has 2 heterocycles. The maximum absolute atomic E-state index is 12.0. The summed E-state index contributed by atoms with van der Waals surface area (Å²) in [7, 11) is -1.40. The molecule has 0 saturated carbocycles. The van der Waals surface area contributed by atoms with Crippen molar-refractivity contribution in [1.29, 1.82) is 0 Å². The fraction of sp³-hybridized carbons (Fsp3) is 0.375. The first-order valence-corrected chi connectivity index (χ1v) is 9.34. The van der Waals surface area contributed by atoms with Gasteiger partial charge >= 0.3 is 0 Å². The van der Waals surface area contributed by atoms with Crippen molar-refractivity contribution in [3.63, 3.8) is 0 Å². The molecule has 2 aromatic rings. The quantitative estimate of drug-likeness (QED) is 0.808. The highest BCUT2D eigenvalue weighted by molar-refractivity contribution is 7.91. The fourth-order valence-corrected chi connectivity index (χ4v) is 4.82. The summed E-state index contributed by atoms with van der Waals surface area (Å²) in [6, 6.07) is 11.1. The zero-order valence-electron chi connectivity index (χ0n) is 12.9. The van der Waals surface area contributed by atoms with E-state index in [9.17, 15) is 8.42 Å². The molecule has 23 heavy (non-hydrogen) atoms. The molecule has 3 rings (SSSR count). The van der Waals surface area contributed by atoms with Crippen molar-refractivity contribution >= 4 is 15.5 Å². The first kappa shape index (κ1) is 15.9. The van der Waals surface area contributed by atoms with E-state index < -0.39 is 9.84 Å². The molecule has 0 radical (unpaired) electrons. The van der Waals surface area contributed by atoms with Crippen molar-refractivity contribution < 1.29 is 22.9 Å². The highest BCUT2D eigenvalue weighted by atomic mass is 32.2. The van der Waals surface area contributed by atoms with E-state index in [1.165, 1.54) is 0 Å². The van der Waals surface area contributed by atoms with Crippen LogP contribution < -0.4 is 15.4 Å². The van der Waals surface area contributed by atoms with Crippen LogP contribution in [-0.4, -0.2) is 39.1 Å². The van der Waals surface area contributed by atoms with Crippen LogP contribution in [0.25, 0.3) is 0 Å². The molecule has 7 heteroatoms. The van der Waals surface area contributed by atoms with E-state index in [4.69, 9.17) is 9.15 Å². The molecule has 1 fully saturated rings. The van der Waals surface area contributed by atoms with E-state index in [1.54, 1.807) is 13.4 Å². The van der Waals surface area contributed by atoms with Crippen LogP contribution in [-0.2, 0) is 16.4 Å². The molecule has 3 N–H and O–H groups in total. The van der Waals surface area contributed by atoms with Gasteiger partial charge < -0.3 is 19.8 Å². The van der Waals surface area contributed by atoms with Crippen molar-refractivity contribution in [3.05, 3.63) is 48.4 Å². The van der Waals surface area contributed by atoms with E-state index in [2.05, 4.69) is 5.32 Å². The summed E-state index contributed by atoms with van der Waals surface area (Å²) in [6.07, 6.45) is 1.63. The van der Waals surface area contributed by atoms with E-state index in [0.29, 0.717) is 6.54 Å². The summed E-state index contributed by atoms with van der Waals surface area (Å²) in [5.41, 5.74) is 0.893. The normalized spacial score (nSPS) is 22.8. The third-order valence-electron chi connectivity index (χ3n) is 4.04. The first-order valence-electron chi connectivity index (χ1n) is 7.52. The monoisotopic (exact) mass is 337 g/mol. The Hall–Kier alpha value is -1.99. The minimum Gasteiger partial charge on any atom is -0.497 e. The van der Waals surface area contributed by atoms with Crippen LogP contribution in [0.15, 0.2) is 47.1 Å². The van der Waals surface area contributed by atoms with Gasteiger partial charge in [0.15, 0.2) is 15.6 Å². The molecule has 1 aliphatic heterocycles. The third kappa shape index (κ3) is 4.05. The number of nitrogens with one attached hydrogen (secondary N) is 1. The molecule has 0 aliphatic carbocycles. The number of benzene rings is 1. The lowest BCUT2D eigenvalue weighted by molar-refractivity contribution is -0.701. The van der Waals surface area contributed by atoms with Gasteiger partial charge in [-0.1, -0.05) is 0 Å². The molecule has 0 bridgehead atoms. The van der Waals surface area contributed by atoms with Crippen LogP contribution in [0, 0.1) is 0 Å². The molecular weight excluding hydrogens is 316 g/mol. The topological polar surface area (TPSA) is 85.1 Å². The van der Waals surface area contributed by atoms with Crippen LogP contribution in [0.5, 0.6) is 5.75 Å². The van der Waals surface area contributed by atoms with E-state index in [-0.39, 0.29) is 23.6 Å². The molecular formula is C16H21N2O4S+. The number of furan rings is 1. The van der Waals surface area contributed by atoms with Gasteiger partial charge in [0.25, 0.3) is 0 Å². The van der Waals surface area contributed by atoms with Crippen molar-refractivity contribution in [2.24, 2.45) is 0 Å². The Morgan fingerprint density at radius 1 is 1.26 bits per heavy atom. The van der Waals surface area contributed by atoms with Gasteiger partial charge in [0.2, 0.25) is 0 Å². The maximum Gasteiger partial charge on any atom is 0.158 e. The number of ether oxygens (including phenoxy) is 1. The molecule has 1 saturated heterocycles. The lowest BCUT2D eigenvalue weighted by Gasteiger charge is -2.19. The summed E-state index contributed by atoms with van der Waals surface area (Å²) in [4.78, 5) is 0. The number of nitrogens with two attached hydrogens (primary N) is 1. The Morgan fingerprint density at radius 2 is 2.04 bits per heavy atom. The number of quaternary nitrogens is 1. The average molecular weight is 337 g/mol. The Kier molecular flexibility index (Phi) is 4.58. The zero-order valence-corrected chi connectivity index (χ0v) is 13.8. The third-order valence-corrected chi connectivity index (χ3v) is 5.80. The standard InChI is InChI=1S/C16H20N2O4S/c1-21-13-6-4-12(5-7-13)18-16-11-23(19,20)10-15(16)17-9-14-3-2-8-22-14/h2-8,15-18H,9-11H2,1H3/p+1/t15-,16+/m0/s1. The Bertz CT molecular complexity index is 726. The number of rotatable bonds is 6. The molecule has 1 aliphatic rings. The number of sulfone groups is 1. The van der Waals surface area contributed by atoms with Crippen LogP contribution >= 0.6 is 0 Å². The lowest BCUT2D eigenvalue weighted by Crippen LogP contribution is -2.91. The minimum absolute atomic E-state index is 0.0350. The summed E-state index contributed by atoms with van der Waals surface area (Å²) < 4.78 is 34.4. The van der Waals surface area contributed by atoms with Crippen LogP contribution in [0.3, 0.4) is 0 Å². The molecule has 124 valence electrons. The largest absolute Gasteiger partial charge is 0.497 e. The van der Waals surface area contributed by atoms with Crippen molar-refractivity contribution in [1.82, 2.24) is 0 Å². The second-order valence-electron chi connectivity index (χ2n) is 5.74. The van der Waals surface area contributed by atoms with Crippen molar-refractivity contribution in [3.8, 4) is 5.75 Å². The van der Waals surface area contributed by atoms with E-state index >= 15 is 0 Å². The minimum atomic E-state index is -3.02. The van der Waals surface area contributed by atoms with Gasteiger partial charge in [0.05, 0.1) is 25.2 Å². The maximum atomic E-state index is 12.0. The van der Waals surface area contributed by atoms with Gasteiger partial charge in [-0.2, -0.15) is 0 Å². The molecule has 1 aromatic carbocycles. The van der Waals surface area contributed by atoms with E-state index in [0.717, 1.165) is 17.2 Å². The molecule has 0 spiro atoms. The molecule has 2 atom stereocenters. The molecule has 0 amide bonds. The van der Waals surface area contributed by atoms with Crippen molar-refractivity contribution in [2.45, 2.75) is 18.6 Å². The van der Waals surface area contributed by atoms with E-state index in [1.807, 2.05) is 41.7 Å². The molecule has 6 nitrogen and oxygen atoms in total. The van der Waals surface area contributed by atoms with Gasteiger partial charge in [-0.3, -0.25) is 0 Å². The van der Waals surface area contributed by atoms with Crippen LogP contribution in [0.1, 0.15) is 5.76 Å². The highest BCUT2D eigenvalue weighted by Gasteiger charge is 2.40. The first-order chi connectivity index (χ1) is 11.1. The number of anilines is 1. The summed E-state index contributed by atoms with van der Waals surface area (Å²) >= 11 is 0. The Labute approximate surface area is 135 Å². The van der Waals surface area contributed by atoms with Gasteiger partial charge in [-0.25, -0.2) is 8.42 Å². The van der Waals surface area contributed by atoms with Crippen LogP contribution in [0.4, 0.5) is 5.69 Å².